The predicted octanol–water partition coefficient (Wildman–Crippen LogP) is 5.40. The molecule has 3 aromatic rings. The fourth-order valence-electron chi connectivity index (χ4n) is 6.77. The molecule has 1 saturated heterocycles. The van der Waals surface area contributed by atoms with Crippen LogP contribution in [-0.4, -0.2) is 65.3 Å². The second-order valence-corrected chi connectivity index (χ2v) is 13.5. The van der Waals surface area contributed by atoms with Gasteiger partial charge in [-0.3, -0.25) is 9.59 Å². The molecule has 2 saturated carbocycles. The number of anilines is 1. The Morgan fingerprint density at radius 3 is 2.50 bits per heavy atom. The van der Waals surface area contributed by atoms with E-state index < -0.39 is 5.97 Å². The number of carboxylic acids is 1. The van der Waals surface area contributed by atoms with Gasteiger partial charge in [-0.25, -0.2) is 4.98 Å². The van der Waals surface area contributed by atoms with Gasteiger partial charge >= 0.3 is 5.97 Å². The lowest BCUT2D eigenvalue weighted by atomic mass is 9.85. The molecule has 2 N–H and O–H groups in total. The highest BCUT2D eigenvalue weighted by Crippen LogP contribution is 2.46. The minimum Gasteiger partial charge on any atom is -0.488 e. The molecule has 0 unspecified atom stereocenters. The summed E-state index contributed by atoms with van der Waals surface area (Å²) < 4.78 is 6.35. The van der Waals surface area contributed by atoms with E-state index in [1.807, 2.05) is 37.3 Å². The molecule has 3 fully saturated rings. The Labute approximate surface area is 251 Å². The fraction of sp³-hybridized carbons (Fsp3) is 0.485. The number of aliphatic carboxylic acids is 1. The van der Waals surface area contributed by atoms with Crippen LogP contribution in [0.3, 0.4) is 0 Å². The van der Waals surface area contributed by atoms with Gasteiger partial charge in [-0.2, -0.15) is 0 Å². The van der Waals surface area contributed by atoms with Gasteiger partial charge in [0.2, 0.25) is 0 Å². The van der Waals surface area contributed by atoms with Crippen molar-refractivity contribution in [3.63, 3.8) is 0 Å². The third-order valence-corrected chi connectivity index (χ3v) is 10.4. The summed E-state index contributed by atoms with van der Waals surface area (Å²) in [6.45, 7) is 6.59. The Kier molecular flexibility index (Phi) is 7.74. The first-order valence-corrected chi connectivity index (χ1v) is 15.7. The van der Waals surface area contributed by atoms with E-state index in [1.165, 1.54) is 0 Å². The number of carbonyl (C=O) groups excluding carboxylic acids is 1. The molecule has 6 rings (SSSR count). The number of piperidine rings is 1. The molecule has 0 radical (unpaired) electrons. The van der Waals surface area contributed by atoms with Gasteiger partial charge < -0.3 is 24.7 Å². The molecule has 8 nitrogen and oxygen atoms in total. The molecule has 3 aliphatic rings. The van der Waals surface area contributed by atoms with Crippen LogP contribution < -0.4 is 9.64 Å². The smallest absolute Gasteiger partial charge is 0.307 e. The molecule has 2 aliphatic carbocycles. The maximum absolute atomic E-state index is 13.0. The largest absolute Gasteiger partial charge is 0.488 e. The third kappa shape index (κ3) is 5.64. The van der Waals surface area contributed by atoms with Crippen LogP contribution in [0, 0.1) is 37.0 Å². The molecule has 3 atom stereocenters. The molecule has 1 amide bonds. The van der Waals surface area contributed by atoms with Crippen LogP contribution in [0.4, 0.5) is 5.13 Å². The normalized spacial score (nSPS) is 22.2. The van der Waals surface area contributed by atoms with Crippen LogP contribution in [0.15, 0.2) is 41.8 Å². The standard InChI is InChI=1S/C33H39N3O5S/c1-20-4-9-28(41-16-25-8-5-22(13-21(25)2)30(38)35(3)18-33(19-37)10-11-33)26(12-20)27-17-42-32(34-27)36-14-23-6-7-24(15-36)29(23)31(39)40/h4-5,8-9,12-13,17,23-24,29,37H,6-7,10-11,14-16,18-19H2,1-3H3,(H,39,40)/t23-,24+,29+. The SMILES string of the molecule is Cc1ccc(OCc2ccc(C(=O)N(C)CC3(CO)CC3)cc2C)c(-c2csc(N3C[C@H]4CC[C@@H](C3)[C@H]4C(=O)O)n2)c1. The van der Waals surface area contributed by atoms with E-state index in [2.05, 4.69) is 23.3 Å². The Morgan fingerprint density at radius 1 is 1.12 bits per heavy atom. The van der Waals surface area contributed by atoms with E-state index in [1.54, 1.807) is 23.3 Å². The van der Waals surface area contributed by atoms with Crippen LogP contribution >= 0.6 is 11.3 Å². The number of carboxylic acid groups (broad SMARTS) is 1. The van der Waals surface area contributed by atoms with Crippen molar-refractivity contribution in [2.45, 2.75) is 46.1 Å². The summed E-state index contributed by atoms with van der Waals surface area (Å²) in [7, 11) is 1.80. The molecule has 9 heteroatoms. The van der Waals surface area contributed by atoms with Crippen molar-refractivity contribution in [3.8, 4) is 17.0 Å². The topological polar surface area (TPSA) is 103 Å². The summed E-state index contributed by atoms with van der Waals surface area (Å²) in [5.74, 6) is 0.206. The van der Waals surface area contributed by atoms with Crippen LogP contribution in [0.25, 0.3) is 11.3 Å². The molecule has 42 heavy (non-hydrogen) atoms. The summed E-state index contributed by atoms with van der Waals surface area (Å²) in [4.78, 5) is 33.8. The highest BCUT2D eigenvalue weighted by Gasteiger charge is 2.46. The van der Waals surface area contributed by atoms with Crippen molar-refractivity contribution < 1.29 is 24.5 Å². The summed E-state index contributed by atoms with van der Waals surface area (Å²) >= 11 is 1.60. The number of benzene rings is 2. The number of amides is 1. The van der Waals surface area contributed by atoms with E-state index in [4.69, 9.17) is 9.72 Å². The van der Waals surface area contributed by atoms with E-state index >= 15 is 0 Å². The maximum Gasteiger partial charge on any atom is 0.307 e. The monoisotopic (exact) mass is 589 g/mol. The first-order chi connectivity index (χ1) is 20.2. The maximum atomic E-state index is 13.0. The zero-order chi connectivity index (χ0) is 29.6. The van der Waals surface area contributed by atoms with Gasteiger partial charge in [0.05, 0.1) is 18.2 Å². The number of aliphatic hydroxyl groups is 1. The number of carbonyl (C=O) groups is 2. The molecule has 2 heterocycles. The first-order valence-electron chi connectivity index (χ1n) is 14.8. The molecular weight excluding hydrogens is 550 g/mol. The fourth-order valence-corrected chi connectivity index (χ4v) is 7.62. The number of hydrogen-bond acceptors (Lipinski definition) is 7. The number of aliphatic hydroxyl groups excluding tert-OH is 1. The molecule has 222 valence electrons. The van der Waals surface area contributed by atoms with Crippen molar-refractivity contribution in [1.29, 1.82) is 0 Å². The lowest BCUT2D eigenvalue weighted by Gasteiger charge is -2.35. The van der Waals surface area contributed by atoms with Crippen LogP contribution in [0.5, 0.6) is 5.75 Å². The third-order valence-electron chi connectivity index (χ3n) is 9.48. The average molecular weight is 590 g/mol. The molecular formula is C33H39N3O5S. The highest BCUT2D eigenvalue weighted by atomic mass is 32.1. The molecule has 1 aliphatic heterocycles. The zero-order valence-electron chi connectivity index (χ0n) is 24.5. The van der Waals surface area contributed by atoms with Crippen LogP contribution in [0.1, 0.15) is 52.7 Å². The lowest BCUT2D eigenvalue weighted by molar-refractivity contribution is -0.144. The minimum absolute atomic E-state index is 0.0364. The summed E-state index contributed by atoms with van der Waals surface area (Å²) in [6, 6.07) is 11.8. The number of nitrogens with zero attached hydrogens (tertiary/aromatic N) is 3. The van der Waals surface area contributed by atoms with Crippen molar-refractivity contribution in [2.75, 3.05) is 38.2 Å². The number of aryl methyl sites for hydroxylation is 2. The van der Waals surface area contributed by atoms with Gasteiger partial charge in [0.15, 0.2) is 5.13 Å². The number of hydrogen-bond donors (Lipinski definition) is 2. The first kappa shape index (κ1) is 28.7. The van der Waals surface area contributed by atoms with Crippen LogP contribution in [-0.2, 0) is 11.4 Å². The molecule has 1 aromatic heterocycles. The molecule has 2 aromatic carbocycles. The van der Waals surface area contributed by atoms with E-state index in [-0.39, 0.29) is 35.7 Å². The van der Waals surface area contributed by atoms with Gasteiger partial charge in [-0.15, -0.1) is 11.3 Å². The molecule has 0 spiro atoms. The van der Waals surface area contributed by atoms with Gasteiger partial charge in [-0.05, 0) is 86.8 Å². The van der Waals surface area contributed by atoms with Crippen molar-refractivity contribution in [3.05, 3.63) is 64.0 Å². The summed E-state index contributed by atoms with van der Waals surface area (Å²) in [6.07, 6.45) is 3.88. The van der Waals surface area contributed by atoms with E-state index in [0.717, 1.165) is 77.6 Å². The second kappa shape index (κ2) is 11.3. The number of rotatable bonds is 10. The van der Waals surface area contributed by atoms with Crippen molar-refractivity contribution in [2.24, 2.45) is 23.2 Å². The van der Waals surface area contributed by atoms with Gasteiger partial charge in [0.25, 0.3) is 5.91 Å². The Bertz CT molecular complexity index is 1480. The number of thiazole rings is 1. The lowest BCUT2D eigenvalue weighted by Crippen LogP contribution is -2.44. The Hall–Kier alpha value is -3.43. The van der Waals surface area contributed by atoms with Crippen molar-refractivity contribution >= 4 is 28.3 Å². The second-order valence-electron chi connectivity index (χ2n) is 12.6. The molecule has 2 bridgehead atoms. The zero-order valence-corrected chi connectivity index (χ0v) is 25.3. The summed E-state index contributed by atoms with van der Waals surface area (Å²) in [5, 5.41) is 22.3. The van der Waals surface area contributed by atoms with E-state index in [9.17, 15) is 19.8 Å². The summed E-state index contributed by atoms with van der Waals surface area (Å²) in [5.41, 5.74) is 5.42. The quantitative estimate of drug-likeness (QED) is 0.327. The minimum atomic E-state index is -0.656. The van der Waals surface area contributed by atoms with E-state index in [0.29, 0.717) is 18.7 Å². The van der Waals surface area contributed by atoms with Crippen molar-refractivity contribution in [1.82, 2.24) is 9.88 Å². The van der Waals surface area contributed by atoms with Crippen LogP contribution in [0.2, 0.25) is 0 Å². The van der Waals surface area contributed by atoms with Gasteiger partial charge in [0, 0.05) is 48.6 Å². The Balaban J connectivity index is 1.14. The van der Waals surface area contributed by atoms with Gasteiger partial charge in [-0.1, -0.05) is 17.7 Å². The number of fused-ring (bicyclic) bond motifs is 2. The average Bonchev–Trinajstić information content (AvgIpc) is 3.46. The number of ether oxygens (including phenoxy) is 1. The number of aromatic nitrogens is 1. The predicted molar refractivity (Wildman–Crippen MR) is 163 cm³/mol. The van der Waals surface area contributed by atoms with Gasteiger partial charge in [0.1, 0.15) is 12.4 Å². The highest BCUT2D eigenvalue weighted by molar-refractivity contribution is 7.14. The Morgan fingerprint density at radius 2 is 1.86 bits per heavy atom.